The number of nitrogens with zero attached hydrogens (tertiary/aromatic N) is 6. The van der Waals surface area contributed by atoms with Crippen molar-refractivity contribution in [2.75, 3.05) is 45.4 Å². The zero-order chi connectivity index (χ0) is 37.9. The molecule has 0 atom stereocenters. The van der Waals surface area contributed by atoms with Gasteiger partial charge in [0.25, 0.3) is 11.1 Å². The topological polar surface area (TPSA) is 128 Å². The summed E-state index contributed by atoms with van der Waals surface area (Å²) >= 11 is 8.93. The van der Waals surface area contributed by atoms with E-state index in [2.05, 4.69) is 73.9 Å². The van der Waals surface area contributed by atoms with Crippen molar-refractivity contribution in [3.8, 4) is 0 Å². The van der Waals surface area contributed by atoms with Crippen molar-refractivity contribution in [1.82, 2.24) is 35.1 Å². The molecule has 2 saturated carbocycles. The van der Waals surface area contributed by atoms with Gasteiger partial charge in [-0.25, -0.2) is 19.9 Å². The van der Waals surface area contributed by atoms with Crippen LogP contribution in [0.4, 0.5) is 11.6 Å². The van der Waals surface area contributed by atoms with E-state index in [1.165, 1.54) is 25.7 Å². The highest BCUT2D eigenvalue weighted by atomic mass is 35.5. The molecule has 6 aromatic rings. The van der Waals surface area contributed by atoms with Gasteiger partial charge in [-0.3, -0.25) is 9.59 Å². The SMILES string of the molecule is C.CCNC(=O)c1ccc2sc3ncnc(NC4CCC(N(C)C)CC4)c3c2c1.CN(C)C1CCC(Nc2ncnc3sc4ccc(C(=O)Cl)cc4c23)CC1. The molecule has 3 N–H and O–H groups in total. The molecule has 2 fully saturated rings. The molecule has 0 spiro atoms. The largest absolute Gasteiger partial charge is 0.367 e. The van der Waals surface area contributed by atoms with Crippen LogP contribution < -0.4 is 16.0 Å². The third-order valence-electron chi connectivity index (χ3n) is 10.9. The number of benzene rings is 2. The number of carbonyl (C=O) groups is 2. The number of rotatable bonds is 9. The molecule has 14 heteroatoms. The zero-order valence-corrected chi connectivity index (χ0v) is 33.9. The number of amides is 1. The molecule has 2 aromatic carbocycles. The molecule has 0 radical (unpaired) electrons. The van der Waals surface area contributed by atoms with Crippen LogP contribution in [0.2, 0.25) is 0 Å². The van der Waals surface area contributed by atoms with Crippen LogP contribution in [-0.4, -0.2) is 99.8 Å². The van der Waals surface area contributed by atoms with E-state index in [4.69, 9.17) is 11.6 Å². The van der Waals surface area contributed by atoms with E-state index in [1.54, 1.807) is 41.4 Å². The Labute approximate surface area is 336 Å². The first-order valence-corrected chi connectivity index (χ1v) is 20.8. The van der Waals surface area contributed by atoms with Crippen molar-refractivity contribution < 1.29 is 9.59 Å². The lowest BCUT2D eigenvalue weighted by Crippen LogP contribution is -2.36. The van der Waals surface area contributed by atoms with Gasteiger partial charge in [0.1, 0.15) is 34.0 Å². The first-order chi connectivity index (χ1) is 26.1. The standard InChI is InChI=1S/C21H27N5OS.C19H21ClN4OS.CH4/c1-4-22-20(27)13-5-10-17-16(11-13)18-19(23-12-24-21(18)28-17)25-14-6-8-15(9-7-14)26(2)3;1-24(2)13-6-4-12(5-7-13)23-18-16-14-9-11(17(20)25)3-8-15(14)26-19(16)22-10-21-18;/h5,10-12,14-15H,4,6-9H2,1-3H3,(H,22,27)(H,23,24,25);3,8-10,12-13H,4-7H2,1-2H3,(H,21,22,23);1H4. The highest BCUT2D eigenvalue weighted by Gasteiger charge is 2.25. The molecule has 292 valence electrons. The molecule has 11 nitrogen and oxygen atoms in total. The van der Waals surface area contributed by atoms with Crippen LogP contribution in [0.25, 0.3) is 40.6 Å². The van der Waals surface area contributed by atoms with Gasteiger partial charge in [-0.15, -0.1) is 22.7 Å². The minimum Gasteiger partial charge on any atom is -0.367 e. The van der Waals surface area contributed by atoms with Gasteiger partial charge in [-0.2, -0.15) is 0 Å². The van der Waals surface area contributed by atoms with E-state index in [0.29, 0.717) is 41.8 Å². The second kappa shape index (κ2) is 17.8. The molecule has 8 rings (SSSR count). The molecule has 2 aliphatic rings. The minimum absolute atomic E-state index is 0. The highest BCUT2D eigenvalue weighted by Crippen LogP contribution is 2.39. The maximum atomic E-state index is 12.3. The first kappa shape index (κ1) is 40.6. The van der Waals surface area contributed by atoms with Crippen molar-refractivity contribution in [2.24, 2.45) is 0 Å². The van der Waals surface area contributed by atoms with Crippen molar-refractivity contribution in [3.63, 3.8) is 0 Å². The van der Waals surface area contributed by atoms with E-state index < -0.39 is 5.24 Å². The van der Waals surface area contributed by atoms with E-state index in [0.717, 1.165) is 77.9 Å². The third-order valence-corrected chi connectivity index (χ3v) is 13.3. The number of aromatic nitrogens is 4. The van der Waals surface area contributed by atoms with Gasteiger partial charge in [-0.1, -0.05) is 7.43 Å². The number of hydrogen-bond donors (Lipinski definition) is 3. The van der Waals surface area contributed by atoms with Crippen molar-refractivity contribution in [2.45, 2.75) is 89.9 Å². The molecule has 4 aromatic heterocycles. The molecule has 1 amide bonds. The van der Waals surface area contributed by atoms with E-state index in [-0.39, 0.29) is 13.3 Å². The monoisotopic (exact) mass is 801 g/mol. The van der Waals surface area contributed by atoms with E-state index in [1.807, 2.05) is 37.3 Å². The fraction of sp³-hybridized carbons (Fsp3) is 0.463. The summed E-state index contributed by atoms with van der Waals surface area (Å²) in [7, 11) is 8.63. The van der Waals surface area contributed by atoms with E-state index >= 15 is 0 Å². The predicted octanol–water partition coefficient (Wildman–Crippen LogP) is 9.02. The lowest BCUT2D eigenvalue weighted by atomic mass is 9.90. The van der Waals surface area contributed by atoms with Crippen LogP contribution in [0.15, 0.2) is 49.1 Å². The Morgan fingerprint density at radius 1 is 0.691 bits per heavy atom. The quantitative estimate of drug-likeness (QED) is 0.122. The van der Waals surface area contributed by atoms with E-state index in [9.17, 15) is 9.59 Å². The molecule has 0 saturated heterocycles. The molecule has 2 aliphatic carbocycles. The van der Waals surface area contributed by atoms with Gasteiger partial charge in [0.15, 0.2) is 0 Å². The Bertz CT molecular complexity index is 2270. The number of anilines is 2. The number of hydrogen-bond acceptors (Lipinski definition) is 12. The summed E-state index contributed by atoms with van der Waals surface area (Å²) in [6, 6.07) is 13.6. The molecule has 55 heavy (non-hydrogen) atoms. The molecule has 4 heterocycles. The van der Waals surface area contributed by atoms with Gasteiger partial charge in [-0.05, 0) is 134 Å². The van der Waals surface area contributed by atoms with Crippen LogP contribution in [0, 0.1) is 0 Å². The van der Waals surface area contributed by atoms with Gasteiger partial charge >= 0.3 is 0 Å². The molecular formula is C41H52ClN9O2S2. The Balaban J connectivity index is 0.000000184. The second-order valence-electron chi connectivity index (χ2n) is 14.8. The Hall–Kier alpha value is -4.01. The predicted molar refractivity (Wildman–Crippen MR) is 231 cm³/mol. The van der Waals surface area contributed by atoms with Gasteiger partial charge in [0.2, 0.25) is 0 Å². The second-order valence-corrected chi connectivity index (χ2v) is 17.2. The summed E-state index contributed by atoms with van der Waals surface area (Å²) < 4.78 is 2.21. The zero-order valence-electron chi connectivity index (χ0n) is 31.5. The van der Waals surface area contributed by atoms with Crippen molar-refractivity contribution in [1.29, 1.82) is 0 Å². The van der Waals surface area contributed by atoms with Crippen molar-refractivity contribution in [3.05, 3.63) is 60.2 Å². The number of nitrogens with one attached hydrogen (secondary N) is 3. The van der Waals surface area contributed by atoms with Crippen LogP contribution in [0.3, 0.4) is 0 Å². The lowest BCUT2D eigenvalue weighted by Gasteiger charge is -2.33. The molecule has 0 bridgehead atoms. The molecule has 0 aliphatic heterocycles. The summed E-state index contributed by atoms with van der Waals surface area (Å²) in [5.41, 5.74) is 1.18. The van der Waals surface area contributed by atoms with Gasteiger partial charge < -0.3 is 25.8 Å². The Kier molecular flexibility index (Phi) is 13.2. The third kappa shape index (κ3) is 9.02. The summed E-state index contributed by atoms with van der Waals surface area (Å²) in [4.78, 5) is 48.3. The van der Waals surface area contributed by atoms with Crippen molar-refractivity contribution >= 4 is 97.7 Å². The fourth-order valence-electron chi connectivity index (χ4n) is 7.82. The Morgan fingerprint density at radius 2 is 1.13 bits per heavy atom. The van der Waals surface area contributed by atoms with Crippen LogP contribution in [0.1, 0.15) is 86.4 Å². The summed E-state index contributed by atoms with van der Waals surface area (Å²) in [5.74, 6) is 1.70. The normalized spacial score (nSPS) is 20.0. The summed E-state index contributed by atoms with van der Waals surface area (Å²) in [5, 5.41) is 13.8. The first-order valence-electron chi connectivity index (χ1n) is 18.8. The number of thiophene rings is 2. The minimum atomic E-state index is -0.445. The molecule has 0 unspecified atom stereocenters. The van der Waals surface area contributed by atoms with Crippen LogP contribution >= 0.6 is 34.3 Å². The maximum absolute atomic E-state index is 12.3. The average Bonchev–Trinajstić information content (AvgIpc) is 3.74. The number of halogens is 1. The average molecular weight is 803 g/mol. The Morgan fingerprint density at radius 3 is 1.55 bits per heavy atom. The summed E-state index contributed by atoms with van der Waals surface area (Å²) in [6.45, 7) is 2.55. The van der Waals surface area contributed by atoms with Gasteiger partial charge in [0.05, 0.1) is 10.8 Å². The smallest absolute Gasteiger partial charge is 0.252 e. The fourth-order valence-corrected chi connectivity index (χ4v) is 9.99. The number of fused-ring (bicyclic) bond motifs is 6. The maximum Gasteiger partial charge on any atom is 0.252 e. The highest BCUT2D eigenvalue weighted by molar-refractivity contribution is 7.26. The summed E-state index contributed by atoms with van der Waals surface area (Å²) in [6.07, 6.45) is 12.6. The number of carbonyl (C=O) groups excluding carboxylic acids is 2. The van der Waals surface area contributed by atoms with Crippen LogP contribution in [-0.2, 0) is 0 Å². The lowest BCUT2D eigenvalue weighted by molar-refractivity contribution is 0.0955. The van der Waals surface area contributed by atoms with Gasteiger partial charge in [0, 0.05) is 62.0 Å². The van der Waals surface area contributed by atoms with Crippen LogP contribution in [0.5, 0.6) is 0 Å². The molecular weight excluding hydrogens is 750 g/mol.